The topological polar surface area (TPSA) is 6.48 Å². The lowest BCUT2D eigenvalue weighted by molar-refractivity contribution is 0.590. The van der Waals surface area contributed by atoms with Crippen molar-refractivity contribution in [2.45, 2.75) is 78.6 Å². The molecule has 10 aromatic carbocycles. The van der Waals surface area contributed by atoms with Crippen LogP contribution in [0.5, 0.6) is 0 Å². The number of fused-ring (bicyclic) bond motifs is 4. The van der Waals surface area contributed by atoms with E-state index in [0.29, 0.717) is 0 Å². The molecule has 12 rings (SSSR count). The van der Waals surface area contributed by atoms with Crippen LogP contribution in [0.2, 0.25) is 0 Å². The van der Waals surface area contributed by atoms with Crippen LogP contribution in [0.4, 0.5) is 34.1 Å². The third-order valence-electron chi connectivity index (χ3n) is 15.7. The molecule has 0 fully saturated rings. The highest BCUT2D eigenvalue weighted by molar-refractivity contribution is 7.00. The zero-order valence-electron chi connectivity index (χ0n) is 44.5. The second kappa shape index (κ2) is 19.3. The Morgan fingerprint density at radius 1 is 0.347 bits per heavy atom. The predicted octanol–water partition coefficient (Wildman–Crippen LogP) is 18.0. The van der Waals surface area contributed by atoms with Gasteiger partial charge >= 0.3 is 0 Å². The summed E-state index contributed by atoms with van der Waals surface area (Å²) < 4.78 is 0. The maximum Gasteiger partial charge on any atom is 0.252 e. The van der Waals surface area contributed by atoms with Crippen LogP contribution in [0.25, 0.3) is 55.6 Å². The minimum atomic E-state index is -0.197. The number of anilines is 6. The van der Waals surface area contributed by atoms with Crippen LogP contribution in [0.3, 0.4) is 0 Å². The number of aryl methyl sites for hydroxylation is 1. The molecule has 0 aromatic heterocycles. The van der Waals surface area contributed by atoms with E-state index >= 15 is 0 Å². The van der Waals surface area contributed by atoms with E-state index < -0.39 is 0 Å². The highest BCUT2D eigenvalue weighted by atomic mass is 15.2. The highest BCUT2D eigenvalue weighted by Gasteiger charge is 2.46. The molecule has 0 unspecified atom stereocenters. The normalized spacial score (nSPS) is 12.8. The second-order valence-corrected chi connectivity index (χ2v) is 22.7. The lowest BCUT2D eigenvalue weighted by atomic mass is 9.33. The molecular weight excluding hydrogens is 904 g/mol. The molecule has 0 saturated heterocycles. The van der Waals surface area contributed by atoms with E-state index in [1.54, 1.807) is 0 Å². The van der Waals surface area contributed by atoms with Gasteiger partial charge in [0.15, 0.2) is 0 Å². The van der Waals surface area contributed by atoms with Crippen molar-refractivity contribution < 1.29 is 0 Å². The highest BCUT2D eigenvalue weighted by Crippen LogP contribution is 2.53. The van der Waals surface area contributed by atoms with E-state index in [2.05, 4.69) is 289 Å². The molecule has 75 heavy (non-hydrogen) atoms. The number of benzene rings is 10. The van der Waals surface area contributed by atoms with Gasteiger partial charge in [-0.1, -0.05) is 249 Å². The van der Waals surface area contributed by atoms with Crippen molar-refractivity contribution in [1.29, 1.82) is 0 Å². The summed E-state index contributed by atoms with van der Waals surface area (Å²) in [6.45, 7) is 16.4. The minimum absolute atomic E-state index is 0.106. The summed E-state index contributed by atoms with van der Waals surface area (Å²) in [6.07, 6.45) is 3.18. The van der Waals surface area contributed by atoms with Crippen molar-refractivity contribution in [2.75, 3.05) is 9.80 Å². The Hall–Kier alpha value is -8.14. The molecule has 2 aliphatic heterocycles. The van der Waals surface area contributed by atoms with Gasteiger partial charge in [0.1, 0.15) is 0 Å². The van der Waals surface area contributed by atoms with Crippen LogP contribution in [0.15, 0.2) is 231 Å². The third-order valence-corrected chi connectivity index (χ3v) is 15.7. The van der Waals surface area contributed by atoms with Crippen LogP contribution in [-0.4, -0.2) is 6.71 Å². The summed E-state index contributed by atoms with van der Waals surface area (Å²) in [5, 5.41) is 0. The van der Waals surface area contributed by atoms with Crippen molar-refractivity contribution in [3.05, 3.63) is 247 Å². The van der Waals surface area contributed by atoms with Gasteiger partial charge in [-0.3, -0.25) is 0 Å². The minimum Gasteiger partial charge on any atom is -0.311 e. The van der Waals surface area contributed by atoms with Gasteiger partial charge in [0.05, 0.1) is 11.4 Å². The fourth-order valence-electron chi connectivity index (χ4n) is 11.8. The molecule has 0 radical (unpaired) electrons. The summed E-state index contributed by atoms with van der Waals surface area (Å²) in [5.74, 6) is 0. The lowest BCUT2D eigenvalue weighted by Gasteiger charge is -2.46. The first-order valence-corrected chi connectivity index (χ1v) is 27.1. The van der Waals surface area contributed by atoms with Crippen molar-refractivity contribution in [2.24, 2.45) is 0 Å². The van der Waals surface area contributed by atoms with E-state index in [9.17, 15) is 0 Å². The Balaban J connectivity index is 1.28. The standard InChI is InChI=1S/C72H65BN2/c1-8-9-26-54-37-25-38-59(51-31-19-12-20-32-51)69(54)74-64-41-39-55(49-27-15-10-16-28-49)43-62(64)73-63-44-56(50-29-17-11-18-30-50)40-42-65(63)75(67-48-58(72(5,6)7)47-66(74)68(67)73)70-60(52-33-21-13-22-34-52)45-57(71(2,3)4)46-61(70)53-35-23-14-24-36-53/h10-25,27-48H,8-9,26H2,1-7H3. The van der Waals surface area contributed by atoms with Gasteiger partial charge in [-0.2, -0.15) is 0 Å². The number of para-hydroxylation sites is 1. The zero-order valence-corrected chi connectivity index (χ0v) is 44.5. The van der Waals surface area contributed by atoms with E-state index in [0.717, 1.165) is 19.3 Å². The number of hydrogen-bond donors (Lipinski definition) is 0. The fraction of sp³-hybridized carbons (Fsp3) is 0.167. The van der Waals surface area contributed by atoms with Gasteiger partial charge in [0.2, 0.25) is 0 Å². The van der Waals surface area contributed by atoms with Crippen molar-refractivity contribution in [3.63, 3.8) is 0 Å². The second-order valence-electron chi connectivity index (χ2n) is 22.7. The molecule has 3 heteroatoms. The van der Waals surface area contributed by atoms with Crippen molar-refractivity contribution in [1.82, 2.24) is 0 Å². The van der Waals surface area contributed by atoms with Crippen molar-refractivity contribution in [3.8, 4) is 55.6 Å². The maximum atomic E-state index is 2.70. The maximum absolute atomic E-state index is 2.70. The largest absolute Gasteiger partial charge is 0.311 e. The van der Waals surface area contributed by atoms with Gasteiger partial charge in [-0.05, 0) is 132 Å². The Bertz CT molecular complexity index is 3640. The SMILES string of the molecule is CCCCc1cccc(-c2ccccc2)c1N1c2ccc(-c3ccccc3)cc2B2c3cc(-c4ccccc4)ccc3N(c3c(-c4ccccc4)cc(C(C)(C)C)cc3-c3ccccc3)c3cc(C(C)(C)C)cc1c32. The smallest absolute Gasteiger partial charge is 0.252 e. The molecule has 2 heterocycles. The number of rotatable bonds is 10. The first kappa shape index (κ1) is 47.8. The molecule has 2 nitrogen and oxygen atoms in total. The fourth-order valence-corrected chi connectivity index (χ4v) is 11.8. The van der Waals surface area contributed by atoms with Crippen LogP contribution < -0.4 is 26.2 Å². The molecule has 0 saturated carbocycles. The van der Waals surface area contributed by atoms with Gasteiger partial charge in [-0.25, -0.2) is 0 Å². The summed E-state index contributed by atoms with van der Waals surface area (Å²) in [7, 11) is 0. The molecule has 0 bridgehead atoms. The number of unbranched alkanes of at least 4 members (excludes halogenated alkanes) is 1. The van der Waals surface area contributed by atoms with Crippen LogP contribution in [0, 0.1) is 0 Å². The van der Waals surface area contributed by atoms with Gasteiger partial charge in [0, 0.05) is 39.4 Å². The lowest BCUT2D eigenvalue weighted by Crippen LogP contribution is -2.61. The Morgan fingerprint density at radius 3 is 1.17 bits per heavy atom. The molecule has 2 aliphatic rings. The summed E-state index contributed by atoms with van der Waals surface area (Å²) in [4.78, 5) is 5.39. The summed E-state index contributed by atoms with van der Waals surface area (Å²) >= 11 is 0. The molecular formula is C72H65BN2. The Morgan fingerprint density at radius 2 is 0.747 bits per heavy atom. The Kier molecular flexibility index (Phi) is 12.3. The van der Waals surface area contributed by atoms with Crippen LogP contribution in [0.1, 0.15) is 78.0 Å². The number of hydrogen-bond acceptors (Lipinski definition) is 2. The zero-order chi connectivity index (χ0) is 51.4. The first-order chi connectivity index (χ1) is 36.5. The molecule has 0 aliphatic carbocycles. The van der Waals surface area contributed by atoms with Gasteiger partial charge in [-0.15, -0.1) is 0 Å². The summed E-state index contributed by atoms with van der Waals surface area (Å²) in [5.41, 5.74) is 27.0. The van der Waals surface area contributed by atoms with Crippen LogP contribution >= 0.6 is 0 Å². The van der Waals surface area contributed by atoms with E-state index in [-0.39, 0.29) is 17.5 Å². The first-order valence-electron chi connectivity index (χ1n) is 27.1. The monoisotopic (exact) mass is 969 g/mol. The van der Waals surface area contributed by atoms with Gasteiger partial charge < -0.3 is 9.80 Å². The van der Waals surface area contributed by atoms with E-state index in [1.165, 1.54) is 123 Å². The average molecular weight is 969 g/mol. The van der Waals surface area contributed by atoms with E-state index in [4.69, 9.17) is 0 Å². The Labute approximate surface area is 446 Å². The quantitative estimate of drug-likeness (QED) is 0.126. The molecule has 0 N–H and O–H groups in total. The average Bonchev–Trinajstić information content (AvgIpc) is 3.52. The molecule has 0 amide bonds. The summed E-state index contributed by atoms with van der Waals surface area (Å²) in [6, 6.07) is 87.1. The molecule has 366 valence electrons. The third kappa shape index (κ3) is 8.69. The predicted molar refractivity (Wildman–Crippen MR) is 324 cm³/mol. The number of nitrogens with zero attached hydrogens (tertiary/aromatic N) is 2. The van der Waals surface area contributed by atoms with Crippen LogP contribution in [-0.2, 0) is 17.3 Å². The van der Waals surface area contributed by atoms with E-state index in [1.807, 2.05) is 0 Å². The van der Waals surface area contributed by atoms with Crippen molar-refractivity contribution >= 4 is 57.2 Å². The molecule has 0 atom stereocenters. The van der Waals surface area contributed by atoms with Gasteiger partial charge in [0.25, 0.3) is 6.71 Å². The molecule has 0 spiro atoms. The molecule has 10 aromatic rings.